The number of benzene rings is 1. The molecule has 2 aromatic rings. The van der Waals surface area contributed by atoms with Gasteiger partial charge in [-0.15, -0.1) is 11.3 Å². The molecule has 0 unspecified atom stereocenters. The van der Waals surface area contributed by atoms with Crippen molar-refractivity contribution in [3.8, 4) is 0 Å². The average molecular weight is 312 g/mol. The Morgan fingerprint density at radius 2 is 2.19 bits per heavy atom. The standard InChI is InChI=1S/C17H16N2S2/c1-10-8-13(12-4-7-20-14(12)9-10)15-16(11-2-3-11)21-17-18-5-6-19(15)17/h4,7-9,11H,2-3,5-6H2,1H3. The summed E-state index contributed by atoms with van der Waals surface area (Å²) in [6.45, 7) is 4.21. The van der Waals surface area contributed by atoms with E-state index in [-0.39, 0.29) is 0 Å². The van der Waals surface area contributed by atoms with Crippen LogP contribution >= 0.6 is 23.1 Å². The van der Waals surface area contributed by atoms with Gasteiger partial charge in [0.15, 0.2) is 5.17 Å². The van der Waals surface area contributed by atoms with Crippen molar-refractivity contribution in [2.24, 2.45) is 10.9 Å². The van der Waals surface area contributed by atoms with Crippen LogP contribution in [0.2, 0.25) is 0 Å². The third kappa shape index (κ3) is 1.82. The lowest BCUT2D eigenvalue weighted by Crippen LogP contribution is -2.20. The summed E-state index contributed by atoms with van der Waals surface area (Å²) in [5, 5.41) is 4.86. The summed E-state index contributed by atoms with van der Waals surface area (Å²) in [6.07, 6.45) is 2.71. The van der Waals surface area contributed by atoms with Gasteiger partial charge in [0.05, 0.1) is 12.2 Å². The molecule has 0 atom stereocenters. The van der Waals surface area contributed by atoms with Crippen LogP contribution in [0.1, 0.15) is 24.0 Å². The molecule has 1 aromatic carbocycles. The molecule has 0 saturated heterocycles. The highest BCUT2D eigenvalue weighted by Gasteiger charge is 2.40. The Hall–Kier alpha value is -1.26. The fourth-order valence-electron chi connectivity index (χ4n) is 3.31. The van der Waals surface area contributed by atoms with Gasteiger partial charge in [0.25, 0.3) is 0 Å². The van der Waals surface area contributed by atoms with E-state index < -0.39 is 0 Å². The van der Waals surface area contributed by atoms with Crippen LogP contribution in [-0.2, 0) is 0 Å². The van der Waals surface area contributed by atoms with Crippen LogP contribution in [0.4, 0.5) is 0 Å². The van der Waals surface area contributed by atoms with Gasteiger partial charge in [0, 0.05) is 27.1 Å². The highest BCUT2D eigenvalue weighted by molar-refractivity contribution is 8.17. The maximum atomic E-state index is 4.69. The molecular weight excluding hydrogens is 296 g/mol. The van der Waals surface area contributed by atoms with Crippen LogP contribution in [0, 0.1) is 12.8 Å². The van der Waals surface area contributed by atoms with E-state index in [4.69, 9.17) is 4.99 Å². The quantitative estimate of drug-likeness (QED) is 0.798. The maximum Gasteiger partial charge on any atom is 0.168 e. The fraction of sp³-hybridized carbons (Fsp3) is 0.353. The number of thioether (sulfide) groups is 1. The number of rotatable bonds is 2. The molecule has 1 aromatic heterocycles. The molecule has 4 heteroatoms. The molecule has 1 saturated carbocycles. The first-order valence-corrected chi connectivity index (χ1v) is 9.23. The lowest BCUT2D eigenvalue weighted by Gasteiger charge is -2.19. The third-order valence-corrected chi connectivity index (χ3v) is 6.57. The number of fused-ring (bicyclic) bond motifs is 2. The molecule has 1 aliphatic carbocycles. The average Bonchev–Trinajstić information content (AvgIpc) is 2.89. The minimum absolute atomic E-state index is 0.785. The van der Waals surface area contributed by atoms with Crippen molar-refractivity contribution in [3.63, 3.8) is 0 Å². The highest BCUT2D eigenvalue weighted by atomic mass is 32.2. The Balaban J connectivity index is 1.78. The van der Waals surface area contributed by atoms with E-state index in [1.165, 1.54) is 44.9 Å². The second-order valence-corrected chi connectivity index (χ2v) is 8.01. The number of hydrogen-bond donors (Lipinski definition) is 0. The number of aryl methyl sites for hydroxylation is 1. The van der Waals surface area contributed by atoms with Gasteiger partial charge in [-0.3, -0.25) is 4.99 Å². The molecule has 5 rings (SSSR count). The zero-order valence-electron chi connectivity index (χ0n) is 11.9. The lowest BCUT2D eigenvalue weighted by molar-refractivity contribution is 0.646. The van der Waals surface area contributed by atoms with E-state index in [2.05, 4.69) is 35.4 Å². The molecule has 2 nitrogen and oxygen atoms in total. The van der Waals surface area contributed by atoms with Crippen LogP contribution in [0.5, 0.6) is 0 Å². The number of allylic oxidation sites excluding steroid dienone is 1. The van der Waals surface area contributed by atoms with Crippen molar-refractivity contribution in [2.75, 3.05) is 13.1 Å². The lowest BCUT2D eigenvalue weighted by atomic mass is 10.0. The van der Waals surface area contributed by atoms with Crippen LogP contribution in [0.25, 0.3) is 15.8 Å². The SMILES string of the molecule is Cc1cc(C2=C(C3CC3)SC3=NCCN32)c2ccsc2c1. The van der Waals surface area contributed by atoms with Gasteiger partial charge in [0.2, 0.25) is 0 Å². The number of aliphatic imine (C=N–C) groups is 1. The largest absolute Gasteiger partial charge is 0.318 e. The summed E-state index contributed by atoms with van der Waals surface area (Å²) >= 11 is 3.78. The minimum atomic E-state index is 0.785. The van der Waals surface area contributed by atoms with E-state index in [0.717, 1.165) is 19.0 Å². The van der Waals surface area contributed by atoms with Gasteiger partial charge < -0.3 is 4.90 Å². The molecule has 21 heavy (non-hydrogen) atoms. The second-order valence-electron chi connectivity index (χ2n) is 6.05. The van der Waals surface area contributed by atoms with Gasteiger partial charge >= 0.3 is 0 Å². The van der Waals surface area contributed by atoms with E-state index in [1.807, 2.05) is 23.1 Å². The Kier molecular flexibility index (Phi) is 2.56. The van der Waals surface area contributed by atoms with Gasteiger partial charge in [-0.1, -0.05) is 11.8 Å². The fourth-order valence-corrected chi connectivity index (χ4v) is 5.58. The summed E-state index contributed by atoms with van der Waals surface area (Å²) in [7, 11) is 0. The van der Waals surface area contributed by atoms with Crippen molar-refractivity contribution in [3.05, 3.63) is 39.6 Å². The smallest absolute Gasteiger partial charge is 0.168 e. The highest BCUT2D eigenvalue weighted by Crippen LogP contribution is 2.53. The van der Waals surface area contributed by atoms with E-state index in [1.54, 1.807) is 4.91 Å². The normalized spacial score (nSPS) is 21.4. The third-order valence-electron chi connectivity index (χ3n) is 4.43. The number of nitrogens with zero attached hydrogens (tertiary/aromatic N) is 2. The molecule has 0 amide bonds. The molecule has 3 heterocycles. The molecule has 106 valence electrons. The molecule has 3 aliphatic rings. The molecule has 0 N–H and O–H groups in total. The summed E-state index contributed by atoms with van der Waals surface area (Å²) in [5.74, 6) is 0.785. The van der Waals surface area contributed by atoms with Gasteiger partial charge in [0.1, 0.15) is 0 Å². The Morgan fingerprint density at radius 3 is 3.05 bits per heavy atom. The summed E-state index contributed by atoms with van der Waals surface area (Å²) in [4.78, 5) is 8.73. The summed E-state index contributed by atoms with van der Waals surface area (Å²) < 4.78 is 1.40. The Labute approximate surface area is 132 Å². The zero-order valence-corrected chi connectivity index (χ0v) is 13.6. The van der Waals surface area contributed by atoms with E-state index >= 15 is 0 Å². The van der Waals surface area contributed by atoms with E-state index in [9.17, 15) is 0 Å². The number of thiophene rings is 1. The number of hydrogen-bond acceptors (Lipinski definition) is 4. The van der Waals surface area contributed by atoms with Crippen molar-refractivity contribution in [1.82, 2.24) is 4.90 Å². The predicted octanol–water partition coefficient (Wildman–Crippen LogP) is 4.71. The van der Waals surface area contributed by atoms with Crippen molar-refractivity contribution < 1.29 is 0 Å². The summed E-state index contributed by atoms with van der Waals surface area (Å²) in [5.41, 5.74) is 4.25. The summed E-state index contributed by atoms with van der Waals surface area (Å²) in [6, 6.07) is 6.96. The molecular formula is C17H16N2S2. The van der Waals surface area contributed by atoms with E-state index in [0.29, 0.717) is 0 Å². The van der Waals surface area contributed by atoms with Gasteiger partial charge in [-0.2, -0.15) is 0 Å². The molecule has 0 bridgehead atoms. The van der Waals surface area contributed by atoms with Gasteiger partial charge in [-0.25, -0.2) is 0 Å². The van der Waals surface area contributed by atoms with Crippen LogP contribution in [-0.4, -0.2) is 23.2 Å². The first-order chi connectivity index (χ1) is 10.3. The van der Waals surface area contributed by atoms with Crippen LogP contribution in [0.15, 0.2) is 33.5 Å². The molecule has 2 aliphatic heterocycles. The monoisotopic (exact) mass is 312 g/mol. The second kappa shape index (κ2) is 4.37. The molecule has 0 radical (unpaired) electrons. The van der Waals surface area contributed by atoms with Crippen molar-refractivity contribution >= 4 is 44.0 Å². The first-order valence-electron chi connectivity index (χ1n) is 7.53. The van der Waals surface area contributed by atoms with Crippen LogP contribution in [0.3, 0.4) is 0 Å². The van der Waals surface area contributed by atoms with Gasteiger partial charge in [-0.05, 0) is 54.8 Å². The molecule has 0 spiro atoms. The minimum Gasteiger partial charge on any atom is -0.318 e. The predicted molar refractivity (Wildman–Crippen MR) is 92.8 cm³/mol. The molecule has 1 fully saturated rings. The number of amidine groups is 1. The Bertz CT molecular complexity index is 811. The first kappa shape index (κ1) is 12.3. The van der Waals surface area contributed by atoms with Crippen molar-refractivity contribution in [1.29, 1.82) is 0 Å². The maximum absolute atomic E-state index is 4.69. The topological polar surface area (TPSA) is 15.6 Å². The van der Waals surface area contributed by atoms with Crippen molar-refractivity contribution in [2.45, 2.75) is 19.8 Å². The Morgan fingerprint density at radius 1 is 1.29 bits per heavy atom. The van der Waals surface area contributed by atoms with Crippen LogP contribution < -0.4 is 0 Å². The zero-order chi connectivity index (χ0) is 14.0.